The third-order valence-electron chi connectivity index (χ3n) is 3.94. The summed E-state index contributed by atoms with van der Waals surface area (Å²) in [6.45, 7) is 8.11. The molecule has 3 heterocycles. The summed E-state index contributed by atoms with van der Waals surface area (Å²) >= 11 is 0. The molecule has 0 amide bonds. The molecular weight excluding hydrogens is 296 g/mol. The van der Waals surface area contributed by atoms with Gasteiger partial charge >= 0.3 is 0 Å². The molecule has 0 aliphatic carbocycles. The quantitative estimate of drug-likeness (QED) is 0.730. The van der Waals surface area contributed by atoms with E-state index in [4.69, 9.17) is 0 Å². The molecular formula is C16H20N4OS. The zero-order valence-electron chi connectivity index (χ0n) is 13.8. The molecule has 0 saturated heterocycles. The third-order valence-corrected chi connectivity index (χ3v) is 5.06. The Kier molecular flexibility index (Phi) is 3.44. The summed E-state index contributed by atoms with van der Waals surface area (Å²) < 4.78 is 15.8. The van der Waals surface area contributed by atoms with Gasteiger partial charge < -0.3 is 0 Å². The molecule has 116 valence electrons. The van der Waals surface area contributed by atoms with Crippen LogP contribution in [0.5, 0.6) is 0 Å². The molecule has 22 heavy (non-hydrogen) atoms. The minimum Gasteiger partial charge on any atom is -0.297 e. The van der Waals surface area contributed by atoms with Gasteiger partial charge in [0.2, 0.25) is 0 Å². The van der Waals surface area contributed by atoms with E-state index in [1.54, 1.807) is 10.9 Å². The van der Waals surface area contributed by atoms with Crippen LogP contribution < -0.4 is 0 Å². The van der Waals surface area contributed by atoms with Gasteiger partial charge in [-0.25, -0.2) is 4.98 Å². The molecule has 0 aliphatic rings. The second-order valence-electron chi connectivity index (χ2n) is 5.79. The molecule has 0 saturated carbocycles. The summed E-state index contributed by atoms with van der Waals surface area (Å²) in [7, 11) is 0.771. The molecule has 1 unspecified atom stereocenters. The molecule has 5 nitrogen and oxygen atoms in total. The lowest BCUT2D eigenvalue weighted by atomic mass is 10.1. The molecule has 0 N–H and O–H groups in total. The number of nitrogens with zero attached hydrogens (tertiary/aromatic N) is 4. The van der Waals surface area contributed by atoms with Crippen molar-refractivity contribution in [1.29, 1.82) is 0 Å². The highest BCUT2D eigenvalue weighted by Crippen LogP contribution is 2.30. The molecule has 0 bridgehead atoms. The average Bonchev–Trinajstić information content (AvgIpc) is 2.91. The summed E-state index contributed by atoms with van der Waals surface area (Å²) in [4.78, 5) is 4.60. The van der Waals surface area contributed by atoms with E-state index in [-0.39, 0.29) is 0 Å². The first-order valence-electron chi connectivity index (χ1n) is 7.14. The molecule has 1 atom stereocenters. The second kappa shape index (κ2) is 5.05. The summed E-state index contributed by atoms with van der Waals surface area (Å²) in [5, 5.41) is 5.39. The minimum absolute atomic E-state index is 0.764. The van der Waals surface area contributed by atoms with Crippen molar-refractivity contribution in [2.75, 3.05) is 6.26 Å². The van der Waals surface area contributed by atoms with Crippen LogP contribution in [0.2, 0.25) is 0 Å². The van der Waals surface area contributed by atoms with Gasteiger partial charge in [0.05, 0.1) is 22.2 Å². The average molecular weight is 316 g/mol. The van der Waals surface area contributed by atoms with E-state index >= 15 is 0 Å². The van der Waals surface area contributed by atoms with Gasteiger partial charge in [0.25, 0.3) is 0 Å². The number of aryl methyl sites for hydroxylation is 4. The fourth-order valence-corrected chi connectivity index (χ4v) is 4.08. The number of rotatable bonds is 2. The van der Waals surface area contributed by atoms with Crippen LogP contribution >= 0.6 is 0 Å². The lowest BCUT2D eigenvalue weighted by molar-refractivity contribution is 0.654. The van der Waals surface area contributed by atoms with E-state index in [1.165, 1.54) is 0 Å². The fraction of sp³-hybridized carbons (Fsp3) is 0.375. The van der Waals surface area contributed by atoms with E-state index in [2.05, 4.69) is 34.4 Å². The Bertz CT molecular complexity index is 920. The van der Waals surface area contributed by atoms with Crippen LogP contribution in [0.4, 0.5) is 0 Å². The monoisotopic (exact) mass is 316 g/mol. The molecule has 6 heteroatoms. The Hall–Kier alpha value is -1.95. The Labute approximate surface area is 132 Å². The van der Waals surface area contributed by atoms with E-state index in [0.717, 1.165) is 44.4 Å². The highest BCUT2D eigenvalue weighted by molar-refractivity contribution is 7.84. The van der Waals surface area contributed by atoms with Crippen molar-refractivity contribution in [3.63, 3.8) is 0 Å². The number of aromatic nitrogens is 4. The predicted molar refractivity (Wildman–Crippen MR) is 88.7 cm³/mol. The second-order valence-corrected chi connectivity index (χ2v) is 7.09. The Morgan fingerprint density at radius 1 is 1.14 bits per heavy atom. The Morgan fingerprint density at radius 3 is 2.41 bits per heavy atom. The van der Waals surface area contributed by atoms with Crippen molar-refractivity contribution in [2.24, 2.45) is 7.05 Å². The fourth-order valence-electron chi connectivity index (χ4n) is 3.14. The summed E-state index contributed by atoms with van der Waals surface area (Å²) in [5.41, 5.74) is 7.05. The van der Waals surface area contributed by atoms with Crippen molar-refractivity contribution in [3.05, 3.63) is 34.6 Å². The normalized spacial score (nSPS) is 13.0. The first kappa shape index (κ1) is 15.0. The Balaban J connectivity index is 2.41. The number of fused-ring (bicyclic) bond motifs is 1. The summed E-state index contributed by atoms with van der Waals surface area (Å²) in [6.07, 6.45) is 3.72. The Morgan fingerprint density at radius 2 is 1.82 bits per heavy atom. The molecule has 0 spiro atoms. The third kappa shape index (κ3) is 2.09. The van der Waals surface area contributed by atoms with Crippen LogP contribution in [0.3, 0.4) is 0 Å². The van der Waals surface area contributed by atoms with Crippen LogP contribution in [0.25, 0.3) is 17.0 Å². The highest BCUT2D eigenvalue weighted by atomic mass is 32.2. The van der Waals surface area contributed by atoms with Gasteiger partial charge in [-0.15, -0.1) is 0 Å². The van der Waals surface area contributed by atoms with Gasteiger partial charge in [-0.05, 0) is 38.8 Å². The van der Waals surface area contributed by atoms with Crippen molar-refractivity contribution in [2.45, 2.75) is 32.7 Å². The predicted octanol–water partition coefficient (Wildman–Crippen LogP) is 2.71. The first-order chi connectivity index (χ1) is 10.3. The number of pyridine rings is 1. The van der Waals surface area contributed by atoms with E-state index in [1.807, 2.05) is 27.1 Å². The van der Waals surface area contributed by atoms with Gasteiger partial charge in [0.15, 0.2) is 0 Å². The number of imidazole rings is 1. The number of hydrogen-bond donors (Lipinski definition) is 0. The van der Waals surface area contributed by atoms with Crippen LogP contribution in [-0.2, 0) is 17.8 Å². The van der Waals surface area contributed by atoms with E-state index in [9.17, 15) is 4.21 Å². The molecule has 0 aliphatic heterocycles. The van der Waals surface area contributed by atoms with Crippen molar-refractivity contribution in [1.82, 2.24) is 19.2 Å². The van der Waals surface area contributed by atoms with Gasteiger partial charge in [0, 0.05) is 25.1 Å². The molecule has 3 aromatic rings. The maximum atomic E-state index is 12.0. The SMILES string of the molecule is Cc1cn2c(-c3nn(C)c(S(C)=O)c3C)c(C)cc(C)c2n1. The van der Waals surface area contributed by atoms with Crippen LogP contribution in [0, 0.1) is 27.7 Å². The van der Waals surface area contributed by atoms with Crippen molar-refractivity contribution >= 4 is 16.4 Å². The lowest BCUT2D eigenvalue weighted by Crippen LogP contribution is -2.00. The standard InChI is InChI=1S/C16H20N4OS/c1-9-7-10(2)15-17-11(3)8-20(15)14(9)13-12(4)16(22(6)21)19(5)18-13/h7-8H,1-6H3. The maximum Gasteiger partial charge on any atom is 0.140 e. The minimum atomic E-state index is -1.07. The van der Waals surface area contributed by atoms with Crippen molar-refractivity contribution < 1.29 is 4.21 Å². The zero-order valence-corrected chi connectivity index (χ0v) is 14.6. The van der Waals surface area contributed by atoms with Gasteiger partial charge in [-0.2, -0.15) is 5.10 Å². The van der Waals surface area contributed by atoms with Crippen molar-refractivity contribution in [3.8, 4) is 11.4 Å². The molecule has 3 rings (SSSR count). The topological polar surface area (TPSA) is 52.2 Å². The van der Waals surface area contributed by atoms with Crippen LogP contribution in [-0.4, -0.2) is 29.6 Å². The smallest absolute Gasteiger partial charge is 0.140 e. The lowest BCUT2D eigenvalue weighted by Gasteiger charge is -2.10. The molecule has 0 aromatic carbocycles. The van der Waals surface area contributed by atoms with Gasteiger partial charge in [0.1, 0.15) is 16.4 Å². The molecule has 3 aromatic heterocycles. The summed E-state index contributed by atoms with van der Waals surface area (Å²) in [6, 6.07) is 2.13. The highest BCUT2D eigenvalue weighted by Gasteiger charge is 2.21. The van der Waals surface area contributed by atoms with E-state index < -0.39 is 10.8 Å². The van der Waals surface area contributed by atoms with Crippen LogP contribution in [0.15, 0.2) is 17.3 Å². The zero-order chi connectivity index (χ0) is 16.2. The van der Waals surface area contributed by atoms with Crippen LogP contribution in [0.1, 0.15) is 22.4 Å². The molecule has 0 fully saturated rings. The largest absolute Gasteiger partial charge is 0.297 e. The van der Waals surface area contributed by atoms with Gasteiger partial charge in [-0.3, -0.25) is 13.3 Å². The maximum absolute atomic E-state index is 12.0. The van der Waals surface area contributed by atoms with Gasteiger partial charge in [-0.1, -0.05) is 6.07 Å². The first-order valence-corrected chi connectivity index (χ1v) is 8.70. The molecule has 0 radical (unpaired) electrons. The summed E-state index contributed by atoms with van der Waals surface area (Å²) in [5.74, 6) is 0. The number of hydrogen-bond acceptors (Lipinski definition) is 3. The van der Waals surface area contributed by atoms with E-state index in [0.29, 0.717) is 0 Å².